The number of carbonyl (C=O) groups excluding carboxylic acids is 1. The molecule has 1 amide bonds. The van der Waals surface area contributed by atoms with Crippen LogP contribution >= 0.6 is 0 Å². The molecule has 7 nitrogen and oxygen atoms in total. The first-order valence-electron chi connectivity index (χ1n) is 11.9. The molecule has 0 spiro atoms. The third-order valence-electron chi connectivity index (χ3n) is 6.04. The maximum Gasteiger partial charge on any atom is 0.237 e. The highest BCUT2D eigenvalue weighted by Crippen LogP contribution is 2.28. The van der Waals surface area contributed by atoms with Crippen molar-refractivity contribution in [2.75, 3.05) is 11.4 Å². The van der Waals surface area contributed by atoms with Crippen LogP contribution in [0.25, 0.3) is 5.95 Å². The lowest BCUT2D eigenvalue weighted by atomic mass is 9.98. The van der Waals surface area contributed by atoms with E-state index in [1.54, 1.807) is 12.5 Å². The Bertz CT molecular complexity index is 819. The Morgan fingerprint density at radius 3 is 2.77 bits per heavy atom. The molecule has 0 bridgehead atoms. The zero-order chi connectivity index (χ0) is 22.2. The van der Waals surface area contributed by atoms with Crippen LogP contribution in [-0.4, -0.2) is 44.1 Å². The molecule has 1 saturated heterocycles. The first-order chi connectivity index (χ1) is 15.0. The zero-order valence-electron chi connectivity index (χ0n) is 19.5. The van der Waals surface area contributed by atoms with Crippen molar-refractivity contribution in [1.82, 2.24) is 24.8 Å². The van der Waals surface area contributed by atoms with Gasteiger partial charge in [0.1, 0.15) is 12.1 Å². The molecule has 170 valence electrons. The van der Waals surface area contributed by atoms with Crippen molar-refractivity contribution in [3.8, 4) is 5.95 Å². The van der Waals surface area contributed by atoms with Crippen LogP contribution in [0, 0.1) is 0 Å². The average Bonchev–Trinajstić information content (AvgIpc) is 3.29. The van der Waals surface area contributed by atoms with Crippen molar-refractivity contribution >= 4 is 11.7 Å². The number of carbonyl (C=O) groups is 1. The first-order valence-corrected chi connectivity index (χ1v) is 11.9. The number of amides is 1. The van der Waals surface area contributed by atoms with E-state index < -0.39 is 0 Å². The van der Waals surface area contributed by atoms with Gasteiger partial charge < -0.3 is 10.2 Å². The summed E-state index contributed by atoms with van der Waals surface area (Å²) in [5.41, 5.74) is 1.01. The number of piperidine rings is 1. The third-order valence-corrected chi connectivity index (χ3v) is 6.04. The molecular weight excluding hydrogens is 388 g/mol. The molecule has 31 heavy (non-hydrogen) atoms. The number of unbranched alkanes of at least 4 members (excludes halogenated alkanes) is 2. The van der Waals surface area contributed by atoms with E-state index in [1.165, 1.54) is 19.3 Å². The van der Waals surface area contributed by atoms with Gasteiger partial charge in [0.15, 0.2) is 0 Å². The lowest BCUT2D eigenvalue weighted by Gasteiger charge is -2.37. The summed E-state index contributed by atoms with van der Waals surface area (Å²) >= 11 is 0. The number of aromatic nitrogens is 4. The van der Waals surface area contributed by atoms with E-state index in [-0.39, 0.29) is 18.0 Å². The summed E-state index contributed by atoms with van der Waals surface area (Å²) < 4.78 is 1.85. The fourth-order valence-corrected chi connectivity index (χ4v) is 4.21. The molecule has 2 aromatic rings. The maximum absolute atomic E-state index is 12.8. The summed E-state index contributed by atoms with van der Waals surface area (Å²) in [6, 6.07) is 2.49. The van der Waals surface area contributed by atoms with Crippen LogP contribution in [0.15, 0.2) is 24.8 Å². The van der Waals surface area contributed by atoms with Gasteiger partial charge in [0.2, 0.25) is 11.9 Å². The molecule has 2 aromatic heterocycles. The number of hydrogen-bond acceptors (Lipinski definition) is 5. The lowest BCUT2D eigenvalue weighted by Crippen LogP contribution is -2.44. The van der Waals surface area contributed by atoms with Gasteiger partial charge in [0, 0.05) is 43.5 Å². The highest BCUT2D eigenvalue weighted by atomic mass is 16.1. The normalized spacial score (nSPS) is 17.7. The number of nitrogens with zero attached hydrogens (tertiary/aromatic N) is 5. The molecule has 0 saturated carbocycles. The second-order valence-corrected chi connectivity index (χ2v) is 9.09. The van der Waals surface area contributed by atoms with E-state index in [9.17, 15) is 4.79 Å². The van der Waals surface area contributed by atoms with E-state index in [1.807, 2.05) is 10.8 Å². The van der Waals surface area contributed by atoms with Crippen LogP contribution in [-0.2, 0) is 4.79 Å². The lowest BCUT2D eigenvalue weighted by molar-refractivity contribution is -0.122. The quantitative estimate of drug-likeness (QED) is 0.561. The highest BCUT2D eigenvalue weighted by Gasteiger charge is 2.27. The molecule has 1 aliphatic heterocycles. The second kappa shape index (κ2) is 11.3. The molecule has 7 heteroatoms. The monoisotopic (exact) mass is 426 g/mol. The molecule has 0 aliphatic carbocycles. The largest absolute Gasteiger partial charge is 0.354 e. The maximum atomic E-state index is 12.8. The van der Waals surface area contributed by atoms with Crippen molar-refractivity contribution in [3.63, 3.8) is 0 Å². The summed E-state index contributed by atoms with van der Waals surface area (Å²) in [4.78, 5) is 28.8. The van der Waals surface area contributed by atoms with Gasteiger partial charge >= 0.3 is 0 Å². The third kappa shape index (κ3) is 6.52. The molecule has 1 N–H and O–H groups in total. The minimum Gasteiger partial charge on any atom is -0.354 e. The number of anilines is 1. The van der Waals surface area contributed by atoms with Gasteiger partial charge in [-0.05, 0) is 38.5 Å². The van der Waals surface area contributed by atoms with Crippen LogP contribution in [0.1, 0.15) is 90.7 Å². The predicted molar refractivity (Wildman–Crippen MR) is 125 cm³/mol. The fraction of sp³-hybridized carbons (Fsp3) is 0.667. The number of hydrogen-bond donors (Lipinski definition) is 1. The van der Waals surface area contributed by atoms with Crippen molar-refractivity contribution in [2.45, 2.75) is 97.1 Å². The molecule has 3 heterocycles. The summed E-state index contributed by atoms with van der Waals surface area (Å²) in [7, 11) is 0. The Labute approximate surface area is 186 Å². The fourth-order valence-electron chi connectivity index (χ4n) is 4.21. The standard InChI is InChI=1S/C24H38N6O/c1-5-6-7-10-19(4)26-23(31)15-20-11-8-9-13-30(20)22-16-21(18(2)3)27-24(28-22)29-14-12-25-17-29/h12,14,16-20H,5-11,13,15H2,1-4H3,(H,26,31). The van der Waals surface area contributed by atoms with Gasteiger partial charge in [-0.3, -0.25) is 9.36 Å². The molecular formula is C24H38N6O. The Balaban J connectivity index is 1.74. The number of imidazole rings is 1. The Kier molecular flexibility index (Phi) is 8.43. The van der Waals surface area contributed by atoms with Gasteiger partial charge in [-0.1, -0.05) is 40.0 Å². The van der Waals surface area contributed by atoms with Crippen molar-refractivity contribution in [3.05, 3.63) is 30.5 Å². The van der Waals surface area contributed by atoms with Gasteiger partial charge in [0.05, 0.1) is 5.69 Å². The van der Waals surface area contributed by atoms with Crippen LogP contribution in [0.5, 0.6) is 0 Å². The first kappa shape index (κ1) is 23.2. The van der Waals surface area contributed by atoms with Crippen molar-refractivity contribution in [2.24, 2.45) is 0 Å². The Hall–Kier alpha value is -2.44. The van der Waals surface area contributed by atoms with Crippen LogP contribution in [0.4, 0.5) is 5.82 Å². The molecule has 2 atom stereocenters. The SMILES string of the molecule is CCCCCC(C)NC(=O)CC1CCCCN1c1cc(C(C)C)nc(-n2ccnc2)n1. The van der Waals surface area contributed by atoms with E-state index in [0.717, 1.165) is 43.7 Å². The Morgan fingerprint density at radius 1 is 1.23 bits per heavy atom. The van der Waals surface area contributed by atoms with E-state index in [0.29, 0.717) is 18.3 Å². The zero-order valence-corrected chi connectivity index (χ0v) is 19.5. The Morgan fingerprint density at radius 2 is 2.06 bits per heavy atom. The van der Waals surface area contributed by atoms with Crippen LogP contribution < -0.4 is 10.2 Å². The smallest absolute Gasteiger partial charge is 0.237 e. The van der Waals surface area contributed by atoms with Crippen LogP contribution in [0.3, 0.4) is 0 Å². The van der Waals surface area contributed by atoms with E-state index in [4.69, 9.17) is 9.97 Å². The average molecular weight is 427 g/mol. The second-order valence-electron chi connectivity index (χ2n) is 9.09. The predicted octanol–water partition coefficient (Wildman–Crippen LogP) is 4.62. The van der Waals surface area contributed by atoms with Gasteiger partial charge in [-0.15, -0.1) is 0 Å². The van der Waals surface area contributed by atoms with Crippen LogP contribution in [0.2, 0.25) is 0 Å². The molecule has 0 radical (unpaired) electrons. The minimum atomic E-state index is 0.147. The number of nitrogens with one attached hydrogen (secondary N) is 1. The summed E-state index contributed by atoms with van der Waals surface area (Å²) in [5.74, 6) is 1.99. The summed E-state index contributed by atoms with van der Waals surface area (Å²) in [6.07, 6.45) is 13.8. The molecule has 2 unspecified atom stereocenters. The summed E-state index contributed by atoms with van der Waals surface area (Å²) in [6.45, 7) is 9.53. The van der Waals surface area contributed by atoms with Gasteiger partial charge in [0.25, 0.3) is 0 Å². The van der Waals surface area contributed by atoms with Gasteiger partial charge in [-0.25, -0.2) is 9.97 Å². The topological polar surface area (TPSA) is 75.9 Å². The van der Waals surface area contributed by atoms with Crippen molar-refractivity contribution in [1.29, 1.82) is 0 Å². The van der Waals surface area contributed by atoms with E-state index in [2.05, 4.69) is 49.0 Å². The number of rotatable bonds is 10. The molecule has 0 aromatic carbocycles. The minimum absolute atomic E-state index is 0.147. The highest BCUT2D eigenvalue weighted by molar-refractivity contribution is 5.77. The summed E-state index contributed by atoms with van der Waals surface area (Å²) in [5, 5.41) is 3.21. The molecule has 1 fully saturated rings. The van der Waals surface area contributed by atoms with E-state index >= 15 is 0 Å². The van der Waals surface area contributed by atoms with Crippen molar-refractivity contribution < 1.29 is 4.79 Å². The molecule has 3 rings (SSSR count). The molecule has 1 aliphatic rings. The van der Waals surface area contributed by atoms with Gasteiger partial charge in [-0.2, -0.15) is 4.98 Å².